The molecule has 9 nitrogen and oxygen atoms in total. The van der Waals surface area contributed by atoms with Gasteiger partial charge in [0.1, 0.15) is 0 Å². The lowest BCUT2D eigenvalue weighted by Gasteiger charge is -2.34. The van der Waals surface area contributed by atoms with Gasteiger partial charge >= 0.3 is 11.7 Å². The molecule has 1 aromatic rings. The normalized spacial score (nSPS) is 18.9. The number of ether oxygens (including phenoxy) is 1. The Balaban J connectivity index is 2.44. The van der Waals surface area contributed by atoms with Crippen LogP contribution in [0.2, 0.25) is 0 Å². The third kappa shape index (κ3) is 2.68. The number of aromatic carboxylic acids is 1. The lowest BCUT2D eigenvalue weighted by atomic mass is 10.2. The summed E-state index contributed by atoms with van der Waals surface area (Å²) in [6.45, 7) is 0.692. The van der Waals surface area contributed by atoms with Gasteiger partial charge in [-0.05, 0) is 0 Å². The van der Waals surface area contributed by atoms with Crippen LogP contribution in [-0.4, -0.2) is 58.5 Å². The van der Waals surface area contributed by atoms with Crippen LogP contribution in [-0.2, 0) is 4.74 Å². The Hall–Kier alpha value is -2.26. The molecule has 1 aliphatic heterocycles. The molecule has 1 saturated heterocycles. The molecule has 1 aromatic heterocycles. The van der Waals surface area contributed by atoms with Gasteiger partial charge in [-0.25, -0.2) is 9.78 Å². The van der Waals surface area contributed by atoms with Crippen molar-refractivity contribution in [1.82, 2.24) is 4.98 Å². The number of aliphatic hydroxyl groups is 1. The molecule has 108 valence electrons. The topological polar surface area (TPSA) is 126 Å². The molecule has 2 N–H and O–H groups in total. The Morgan fingerprint density at radius 3 is 3.00 bits per heavy atom. The molecule has 1 fully saturated rings. The van der Waals surface area contributed by atoms with E-state index in [9.17, 15) is 20.0 Å². The zero-order chi connectivity index (χ0) is 14.7. The lowest BCUT2D eigenvalue weighted by Crippen LogP contribution is -2.48. The van der Waals surface area contributed by atoms with Crippen molar-refractivity contribution in [2.24, 2.45) is 0 Å². The third-order valence-electron chi connectivity index (χ3n) is 3.00. The maximum atomic E-state index is 11.1. The molecule has 9 heteroatoms. The quantitative estimate of drug-likeness (QED) is 0.578. The first-order valence-electron chi connectivity index (χ1n) is 5.87. The first kappa shape index (κ1) is 14.2. The van der Waals surface area contributed by atoms with Crippen molar-refractivity contribution in [3.63, 3.8) is 0 Å². The minimum Gasteiger partial charge on any atom is -0.478 e. The highest BCUT2D eigenvalue weighted by molar-refractivity contribution is 5.88. The molecule has 1 aliphatic rings. The number of aliphatic hydroxyl groups excluding tert-OH is 1. The number of aromatic nitrogens is 1. The molecule has 0 saturated carbocycles. The molecule has 0 aliphatic carbocycles. The van der Waals surface area contributed by atoms with Crippen molar-refractivity contribution in [2.75, 3.05) is 31.3 Å². The number of anilines is 1. The maximum Gasteiger partial charge on any atom is 0.337 e. The highest BCUT2D eigenvalue weighted by Gasteiger charge is 2.30. The summed E-state index contributed by atoms with van der Waals surface area (Å²) in [5.41, 5.74) is -0.653. The van der Waals surface area contributed by atoms with Gasteiger partial charge in [-0.2, -0.15) is 0 Å². The molecule has 0 radical (unpaired) electrons. The van der Waals surface area contributed by atoms with Gasteiger partial charge in [0, 0.05) is 18.8 Å². The Morgan fingerprint density at radius 2 is 2.40 bits per heavy atom. The van der Waals surface area contributed by atoms with E-state index >= 15 is 0 Å². The molecular weight excluding hydrogens is 270 g/mol. The molecule has 1 atom stereocenters. The van der Waals surface area contributed by atoms with E-state index in [1.165, 1.54) is 0 Å². The summed E-state index contributed by atoms with van der Waals surface area (Å²) in [6, 6.07) is 0.528. The highest BCUT2D eigenvalue weighted by atomic mass is 16.6. The number of hydrogen-bond acceptors (Lipinski definition) is 7. The second-order valence-corrected chi connectivity index (χ2v) is 4.23. The Morgan fingerprint density at radius 1 is 1.65 bits per heavy atom. The monoisotopic (exact) mass is 283 g/mol. The average molecular weight is 283 g/mol. The average Bonchev–Trinajstić information content (AvgIpc) is 2.46. The van der Waals surface area contributed by atoms with E-state index in [-0.39, 0.29) is 24.6 Å². The highest BCUT2D eigenvalue weighted by Crippen LogP contribution is 2.29. The Labute approximate surface area is 113 Å². The van der Waals surface area contributed by atoms with Gasteiger partial charge in [0.2, 0.25) is 5.82 Å². The van der Waals surface area contributed by atoms with Crippen molar-refractivity contribution < 1.29 is 24.7 Å². The van der Waals surface area contributed by atoms with Gasteiger partial charge in [-0.15, -0.1) is 0 Å². The molecule has 2 rings (SSSR count). The van der Waals surface area contributed by atoms with Crippen LogP contribution in [0.15, 0.2) is 12.3 Å². The molecule has 0 amide bonds. The van der Waals surface area contributed by atoms with Gasteiger partial charge in [-0.1, -0.05) is 0 Å². The summed E-state index contributed by atoms with van der Waals surface area (Å²) in [4.78, 5) is 26.7. The van der Waals surface area contributed by atoms with Gasteiger partial charge in [-0.3, -0.25) is 10.1 Å². The largest absolute Gasteiger partial charge is 0.478 e. The molecular formula is C11H13N3O6. The number of hydrogen-bond donors (Lipinski definition) is 2. The van der Waals surface area contributed by atoms with Gasteiger partial charge in [0.25, 0.3) is 0 Å². The van der Waals surface area contributed by atoms with Crippen LogP contribution < -0.4 is 4.90 Å². The van der Waals surface area contributed by atoms with Gasteiger partial charge in [0.05, 0.1) is 36.3 Å². The van der Waals surface area contributed by atoms with Crippen LogP contribution in [0.4, 0.5) is 11.5 Å². The lowest BCUT2D eigenvalue weighted by molar-refractivity contribution is -0.384. The van der Waals surface area contributed by atoms with E-state index < -0.39 is 22.6 Å². The number of pyridine rings is 1. The van der Waals surface area contributed by atoms with Crippen molar-refractivity contribution in [3.05, 3.63) is 27.9 Å². The molecule has 0 bridgehead atoms. The van der Waals surface area contributed by atoms with E-state index in [2.05, 4.69) is 4.98 Å². The number of carboxylic acid groups (broad SMARTS) is 1. The molecule has 0 aromatic carbocycles. The summed E-state index contributed by atoms with van der Waals surface area (Å²) in [5.74, 6) is -1.24. The van der Waals surface area contributed by atoms with E-state index in [1.54, 1.807) is 4.90 Å². The summed E-state index contributed by atoms with van der Waals surface area (Å²) in [6.07, 6.45) is 1.06. The van der Waals surface area contributed by atoms with Crippen molar-refractivity contribution in [1.29, 1.82) is 0 Å². The van der Waals surface area contributed by atoms with E-state index in [1.807, 2.05) is 0 Å². The number of rotatable bonds is 4. The second kappa shape index (κ2) is 5.80. The van der Waals surface area contributed by atoms with Crippen LogP contribution in [0, 0.1) is 10.1 Å². The van der Waals surface area contributed by atoms with Crippen molar-refractivity contribution in [3.8, 4) is 0 Å². The number of carboxylic acids is 1. The number of carbonyl (C=O) groups is 1. The number of nitro groups is 1. The predicted molar refractivity (Wildman–Crippen MR) is 66.9 cm³/mol. The fraction of sp³-hybridized carbons (Fsp3) is 0.455. The van der Waals surface area contributed by atoms with Crippen LogP contribution in [0.5, 0.6) is 0 Å². The predicted octanol–water partition coefficient (Wildman–Crippen LogP) is -0.114. The number of nitrogens with zero attached hydrogens (tertiary/aromatic N) is 3. The second-order valence-electron chi connectivity index (χ2n) is 4.23. The van der Waals surface area contributed by atoms with Crippen LogP contribution in [0.25, 0.3) is 0 Å². The van der Waals surface area contributed by atoms with Crippen LogP contribution >= 0.6 is 0 Å². The van der Waals surface area contributed by atoms with E-state index in [0.717, 1.165) is 12.3 Å². The fourth-order valence-electron chi connectivity index (χ4n) is 2.00. The number of morpholine rings is 1. The molecule has 0 spiro atoms. The summed E-state index contributed by atoms with van der Waals surface area (Å²) in [7, 11) is 0. The van der Waals surface area contributed by atoms with E-state index in [4.69, 9.17) is 9.84 Å². The zero-order valence-electron chi connectivity index (χ0n) is 10.4. The molecule has 20 heavy (non-hydrogen) atoms. The van der Waals surface area contributed by atoms with Crippen LogP contribution in [0.3, 0.4) is 0 Å². The zero-order valence-corrected chi connectivity index (χ0v) is 10.4. The fourth-order valence-corrected chi connectivity index (χ4v) is 2.00. The van der Waals surface area contributed by atoms with Crippen molar-refractivity contribution in [2.45, 2.75) is 6.04 Å². The molecule has 2 heterocycles. The van der Waals surface area contributed by atoms with Crippen LogP contribution in [0.1, 0.15) is 10.4 Å². The van der Waals surface area contributed by atoms with E-state index in [0.29, 0.717) is 13.2 Å². The first-order valence-corrected chi connectivity index (χ1v) is 5.87. The smallest absolute Gasteiger partial charge is 0.337 e. The summed E-state index contributed by atoms with van der Waals surface area (Å²) in [5, 5.41) is 29.2. The van der Waals surface area contributed by atoms with Gasteiger partial charge in [0.15, 0.2) is 0 Å². The Bertz CT molecular complexity index is 535. The minimum atomic E-state index is -1.28. The first-order chi connectivity index (χ1) is 9.54. The standard InChI is InChI=1S/C11H13N3O6/c15-5-8-6-20-2-1-13(8)10-9(14(18)19)3-7(4-12-10)11(16)17/h3-4,8,15H,1-2,5-6H2,(H,16,17). The molecule has 1 unspecified atom stereocenters. The summed E-state index contributed by atoms with van der Waals surface area (Å²) < 4.78 is 5.19. The Kier molecular flexibility index (Phi) is 4.11. The maximum absolute atomic E-state index is 11.1. The third-order valence-corrected chi connectivity index (χ3v) is 3.00. The SMILES string of the molecule is O=C(O)c1cnc(N2CCOCC2CO)c([N+](=O)[O-])c1. The summed E-state index contributed by atoms with van der Waals surface area (Å²) >= 11 is 0. The van der Waals surface area contributed by atoms with Gasteiger partial charge < -0.3 is 19.8 Å². The van der Waals surface area contributed by atoms with Crippen molar-refractivity contribution >= 4 is 17.5 Å². The minimum absolute atomic E-state index is 0.0438.